The zero-order valence-electron chi connectivity index (χ0n) is 16.0. The van der Waals surface area contributed by atoms with Gasteiger partial charge < -0.3 is 10.5 Å². The van der Waals surface area contributed by atoms with E-state index in [2.05, 4.69) is 10.2 Å². The number of hydrogen-bond acceptors (Lipinski definition) is 8. The van der Waals surface area contributed by atoms with E-state index < -0.39 is 26.0 Å². The molecule has 0 radical (unpaired) electrons. The molecule has 3 aromatic rings. The quantitative estimate of drug-likeness (QED) is 0.195. The summed E-state index contributed by atoms with van der Waals surface area (Å²) in [4.78, 5) is -0.227. The molecule has 3 aromatic carbocycles. The summed E-state index contributed by atoms with van der Waals surface area (Å²) in [5.74, 6) is -0.154. The maximum absolute atomic E-state index is 11.6. The smallest absolute Gasteiger partial charge is 0.295 e. The van der Waals surface area contributed by atoms with Crippen LogP contribution in [0.25, 0.3) is 10.8 Å². The summed E-state index contributed by atoms with van der Waals surface area (Å²) in [5.41, 5.74) is 6.90. The van der Waals surface area contributed by atoms with Crippen LogP contribution in [0.15, 0.2) is 69.7 Å². The summed E-state index contributed by atoms with van der Waals surface area (Å²) in [6.45, 7) is 0.0215. The number of nitrogens with zero attached hydrogens (tertiary/aromatic N) is 2. The molecule has 0 aliphatic carbocycles. The fourth-order valence-corrected chi connectivity index (χ4v) is 3.96. The predicted molar refractivity (Wildman–Crippen MR) is 115 cm³/mol. The molecule has 0 spiro atoms. The Morgan fingerprint density at radius 1 is 0.903 bits per heavy atom. The Hall–Kier alpha value is -3.06. The fourth-order valence-electron chi connectivity index (χ4n) is 2.77. The molecule has 12 heteroatoms. The minimum atomic E-state index is -4.40. The van der Waals surface area contributed by atoms with Crippen molar-refractivity contribution in [2.45, 2.75) is 11.3 Å². The lowest BCUT2D eigenvalue weighted by atomic mass is 10.1. The first-order chi connectivity index (χ1) is 14.5. The van der Waals surface area contributed by atoms with Crippen molar-refractivity contribution in [3.05, 3.63) is 54.6 Å². The summed E-state index contributed by atoms with van der Waals surface area (Å²) in [7, 11) is -8.46. The third-order valence-electron chi connectivity index (χ3n) is 4.19. The van der Waals surface area contributed by atoms with E-state index in [1.165, 1.54) is 24.3 Å². The number of anilines is 1. The lowest BCUT2D eigenvalue weighted by Gasteiger charge is -2.09. The van der Waals surface area contributed by atoms with Crippen LogP contribution in [0.3, 0.4) is 0 Å². The molecular weight excluding hydrogens is 446 g/mol. The molecule has 10 nitrogen and oxygen atoms in total. The summed E-state index contributed by atoms with van der Waals surface area (Å²) in [6, 6.07) is 14.0. The Labute approximate surface area is 178 Å². The molecule has 0 atom stereocenters. The van der Waals surface area contributed by atoms with Crippen LogP contribution < -0.4 is 10.5 Å². The van der Waals surface area contributed by atoms with Crippen LogP contribution in [0, 0.1) is 0 Å². The minimum absolute atomic E-state index is 0.0215. The van der Waals surface area contributed by atoms with Gasteiger partial charge in [0.05, 0.1) is 29.4 Å². The first kappa shape index (κ1) is 22.6. The van der Waals surface area contributed by atoms with Crippen LogP contribution >= 0.6 is 0 Å². The minimum Gasteiger partial charge on any atom is -0.491 e. The number of fused-ring (bicyclic) bond motifs is 1. The first-order valence-electron chi connectivity index (χ1n) is 8.92. The topological polar surface area (TPSA) is 169 Å². The molecule has 4 N–H and O–H groups in total. The van der Waals surface area contributed by atoms with Crippen LogP contribution in [-0.4, -0.2) is 38.3 Å². The number of azo groups is 1. The van der Waals surface area contributed by atoms with E-state index in [-0.39, 0.29) is 23.7 Å². The van der Waals surface area contributed by atoms with Crippen molar-refractivity contribution in [1.29, 1.82) is 0 Å². The lowest BCUT2D eigenvalue weighted by Crippen LogP contribution is -2.09. The maximum Gasteiger partial charge on any atom is 0.295 e. The lowest BCUT2D eigenvalue weighted by molar-refractivity contribution is 0.318. The molecule has 0 aliphatic rings. The summed E-state index contributed by atoms with van der Waals surface area (Å²) in [5, 5.41) is 9.10. The number of hydrogen-bond donors (Lipinski definition) is 3. The second kappa shape index (κ2) is 8.98. The van der Waals surface area contributed by atoms with Gasteiger partial charge >= 0.3 is 0 Å². The van der Waals surface area contributed by atoms with Crippen LogP contribution in [0.2, 0.25) is 0 Å². The predicted octanol–water partition coefficient (Wildman–Crippen LogP) is 3.74. The van der Waals surface area contributed by atoms with Gasteiger partial charge in [0.15, 0.2) is 0 Å². The normalized spacial score (nSPS) is 12.5. The highest BCUT2D eigenvalue weighted by Gasteiger charge is 2.14. The molecule has 0 fully saturated rings. The van der Waals surface area contributed by atoms with Crippen molar-refractivity contribution in [3.8, 4) is 5.75 Å². The number of ether oxygens (including phenoxy) is 1. The Bertz CT molecular complexity index is 1350. The van der Waals surface area contributed by atoms with Gasteiger partial charge in [-0.25, -0.2) is 0 Å². The Balaban J connectivity index is 1.81. The molecule has 164 valence electrons. The van der Waals surface area contributed by atoms with Crippen molar-refractivity contribution < 1.29 is 30.7 Å². The Morgan fingerprint density at radius 3 is 2.26 bits per heavy atom. The average Bonchev–Trinajstić information content (AvgIpc) is 2.69. The molecule has 0 saturated heterocycles. The molecule has 31 heavy (non-hydrogen) atoms. The molecule has 0 unspecified atom stereocenters. The van der Waals surface area contributed by atoms with Crippen molar-refractivity contribution in [2.75, 3.05) is 18.1 Å². The van der Waals surface area contributed by atoms with Crippen molar-refractivity contribution in [1.82, 2.24) is 0 Å². The van der Waals surface area contributed by atoms with E-state index in [9.17, 15) is 21.4 Å². The Kier molecular flexibility index (Phi) is 6.55. The van der Waals surface area contributed by atoms with Crippen LogP contribution in [0.1, 0.15) is 6.42 Å². The van der Waals surface area contributed by atoms with Gasteiger partial charge in [-0.05, 0) is 42.1 Å². The maximum atomic E-state index is 11.6. The van der Waals surface area contributed by atoms with E-state index in [0.717, 1.165) is 0 Å². The highest BCUT2D eigenvalue weighted by atomic mass is 32.2. The highest BCUT2D eigenvalue weighted by molar-refractivity contribution is 7.86. The molecule has 0 heterocycles. The fraction of sp³-hybridized carbons (Fsp3) is 0.158. The van der Waals surface area contributed by atoms with Gasteiger partial charge in [-0.15, -0.1) is 0 Å². The molecular formula is C19H19N3O7S2. The first-order valence-corrected chi connectivity index (χ1v) is 12.0. The van der Waals surface area contributed by atoms with Crippen LogP contribution in [0.4, 0.5) is 17.1 Å². The number of nitrogens with two attached hydrogens (primary N) is 1. The highest BCUT2D eigenvalue weighted by Crippen LogP contribution is 2.30. The third-order valence-corrected chi connectivity index (χ3v) is 5.90. The third kappa shape index (κ3) is 6.21. The molecule has 0 aromatic heterocycles. The zero-order valence-corrected chi connectivity index (χ0v) is 17.7. The SMILES string of the molecule is Nc1ccc(N=Nc2ccc3cccc(S(=O)(=O)O)c3c2)cc1OCCCS(=O)(=O)O. The number of benzene rings is 3. The van der Waals surface area contributed by atoms with E-state index in [1.54, 1.807) is 30.3 Å². The van der Waals surface area contributed by atoms with Gasteiger partial charge in [-0.3, -0.25) is 9.11 Å². The largest absolute Gasteiger partial charge is 0.491 e. The van der Waals surface area contributed by atoms with Crippen LogP contribution in [-0.2, 0) is 20.2 Å². The van der Waals surface area contributed by atoms with Crippen molar-refractivity contribution in [3.63, 3.8) is 0 Å². The zero-order chi connectivity index (χ0) is 22.6. The average molecular weight is 466 g/mol. The summed E-state index contributed by atoms with van der Waals surface area (Å²) >= 11 is 0. The summed E-state index contributed by atoms with van der Waals surface area (Å²) in [6.07, 6.45) is 0.0806. The van der Waals surface area contributed by atoms with E-state index >= 15 is 0 Å². The van der Waals surface area contributed by atoms with Gasteiger partial charge in [-0.2, -0.15) is 27.1 Å². The van der Waals surface area contributed by atoms with E-state index in [1.807, 2.05) is 0 Å². The number of rotatable bonds is 8. The second-order valence-electron chi connectivity index (χ2n) is 6.55. The van der Waals surface area contributed by atoms with Crippen molar-refractivity contribution >= 4 is 48.1 Å². The van der Waals surface area contributed by atoms with Gasteiger partial charge in [0.25, 0.3) is 20.2 Å². The van der Waals surface area contributed by atoms with E-state index in [4.69, 9.17) is 15.0 Å². The molecule has 3 rings (SSSR count). The standard InChI is InChI=1S/C19H19N3O7S2/c20-17-8-7-15(12-18(17)29-9-2-10-30(23,24)25)22-21-14-6-5-13-3-1-4-19(16(13)11-14)31(26,27)28/h1,3-8,11-12H,2,9-10,20H2,(H,23,24,25)(H,26,27,28). The Morgan fingerprint density at radius 2 is 1.58 bits per heavy atom. The monoisotopic (exact) mass is 465 g/mol. The van der Waals surface area contributed by atoms with Crippen LogP contribution in [0.5, 0.6) is 5.75 Å². The second-order valence-corrected chi connectivity index (χ2v) is 9.51. The number of nitrogen functional groups attached to an aromatic ring is 1. The summed E-state index contributed by atoms with van der Waals surface area (Å²) < 4.78 is 68.3. The molecule has 0 aliphatic heterocycles. The van der Waals surface area contributed by atoms with Gasteiger partial charge in [-0.1, -0.05) is 18.2 Å². The van der Waals surface area contributed by atoms with Gasteiger partial charge in [0.2, 0.25) is 0 Å². The molecule has 0 amide bonds. The van der Waals surface area contributed by atoms with Crippen molar-refractivity contribution in [2.24, 2.45) is 10.2 Å². The van der Waals surface area contributed by atoms with Gasteiger partial charge in [0.1, 0.15) is 10.6 Å². The van der Waals surface area contributed by atoms with E-state index in [0.29, 0.717) is 27.8 Å². The molecule has 0 saturated carbocycles. The van der Waals surface area contributed by atoms with Gasteiger partial charge in [0, 0.05) is 11.5 Å². The molecule has 0 bridgehead atoms.